The van der Waals surface area contributed by atoms with Gasteiger partial charge in [0.05, 0.1) is 12.2 Å². The summed E-state index contributed by atoms with van der Waals surface area (Å²) in [7, 11) is 1.40. The highest BCUT2D eigenvalue weighted by Crippen LogP contribution is 2.20. The lowest BCUT2D eigenvalue weighted by Gasteiger charge is -2.08. The molecule has 1 aromatic heterocycles. The van der Waals surface area contributed by atoms with Crippen molar-refractivity contribution >= 4 is 11.6 Å². The molecule has 0 bridgehead atoms. The third-order valence-corrected chi connectivity index (χ3v) is 2.82. The van der Waals surface area contributed by atoms with E-state index in [0.717, 1.165) is 12.1 Å². The standard InChI is InChI=1S/C14H14F2N4O/c1-8-18-4-3-10(20-8)7-19-14(21)9-5-11(15)13(17-2)12(16)6-9/h3-6,17H,7H2,1-2H3,(H,19,21). The van der Waals surface area contributed by atoms with Gasteiger partial charge >= 0.3 is 0 Å². The van der Waals surface area contributed by atoms with Crippen molar-refractivity contribution < 1.29 is 13.6 Å². The SMILES string of the molecule is CNc1c(F)cc(C(=O)NCc2ccnc(C)n2)cc1F. The molecule has 2 N–H and O–H groups in total. The fraction of sp³-hybridized carbons (Fsp3) is 0.214. The zero-order valence-electron chi connectivity index (χ0n) is 11.6. The van der Waals surface area contributed by atoms with E-state index in [1.165, 1.54) is 7.05 Å². The smallest absolute Gasteiger partial charge is 0.251 e. The highest BCUT2D eigenvalue weighted by atomic mass is 19.1. The second-order valence-corrected chi connectivity index (χ2v) is 4.34. The summed E-state index contributed by atoms with van der Waals surface area (Å²) < 4.78 is 27.2. The molecule has 21 heavy (non-hydrogen) atoms. The highest BCUT2D eigenvalue weighted by Gasteiger charge is 2.14. The molecule has 0 unspecified atom stereocenters. The van der Waals surface area contributed by atoms with E-state index in [1.54, 1.807) is 19.2 Å². The first-order chi connectivity index (χ1) is 10.0. The van der Waals surface area contributed by atoms with E-state index in [0.29, 0.717) is 11.5 Å². The zero-order chi connectivity index (χ0) is 15.4. The van der Waals surface area contributed by atoms with Gasteiger partial charge in [0.25, 0.3) is 5.91 Å². The average Bonchev–Trinajstić information content (AvgIpc) is 2.44. The number of anilines is 1. The molecule has 0 aliphatic heterocycles. The summed E-state index contributed by atoms with van der Waals surface area (Å²) in [6.45, 7) is 1.88. The van der Waals surface area contributed by atoms with Crippen molar-refractivity contribution in [3.05, 3.63) is 53.1 Å². The van der Waals surface area contributed by atoms with E-state index in [-0.39, 0.29) is 17.8 Å². The quantitative estimate of drug-likeness (QED) is 0.905. The molecule has 0 radical (unpaired) electrons. The minimum atomic E-state index is -0.819. The number of nitrogens with zero attached hydrogens (tertiary/aromatic N) is 2. The molecule has 0 aliphatic rings. The van der Waals surface area contributed by atoms with Crippen LogP contribution in [0.2, 0.25) is 0 Å². The van der Waals surface area contributed by atoms with Crippen LogP contribution in [0.5, 0.6) is 0 Å². The third-order valence-electron chi connectivity index (χ3n) is 2.82. The Morgan fingerprint density at radius 1 is 1.29 bits per heavy atom. The van der Waals surface area contributed by atoms with Crippen LogP contribution in [0.15, 0.2) is 24.4 Å². The van der Waals surface area contributed by atoms with Gasteiger partial charge in [-0.2, -0.15) is 0 Å². The summed E-state index contributed by atoms with van der Waals surface area (Å²) in [6.07, 6.45) is 1.57. The number of amides is 1. The first-order valence-electron chi connectivity index (χ1n) is 6.24. The van der Waals surface area contributed by atoms with E-state index in [9.17, 15) is 13.6 Å². The maximum Gasteiger partial charge on any atom is 0.251 e. The van der Waals surface area contributed by atoms with Crippen LogP contribution in [0.4, 0.5) is 14.5 Å². The van der Waals surface area contributed by atoms with Gasteiger partial charge in [0, 0.05) is 18.8 Å². The molecule has 0 atom stereocenters. The Morgan fingerprint density at radius 2 is 1.95 bits per heavy atom. The minimum absolute atomic E-state index is 0.0882. The van der Waals surface area contributed by atoms with Crippen molar-refractivity contribution in [2.75, 3.05) is 12.4 Å². The van der Waals surface area contributed by atoms with Gasteiger partial charge in [-0.25, -0.2) is 18.7 Å². The van der Waals surface area contributed by atoms with E-state index in [1.807, 2.05) is 0 Å². The van der Waals surface area contributed by atoms with Crippen molar-refractivity contribution in [2.24, 2.45) is 0 Å². The number of aromatic nitrogens is 2. The Balaban J connectivity index is 2.10. The van der Waals surface area contributed by atoms with Gasteiger partial charge in [0.2, 0.25) is 0 Å². The molecule has 2 aromatic rings. The van der Waals surface area contributed by atoms with Crippen LogP contribution in [-0.4, -0.2) is 22.9 Å². The first-order valence-corrected chi connectivity index (χ1v) is 6.24. The van der Waals surface area contributed by atoms with Crippen molar-refractivity contribution in [1.82, 2.24) is 15.3 Å². The Morgan fingerprint density at radius 3 is 2.52 bits per heavy atom. The van der Waals surface area contributed by atoms with Gasteiger partial charge in [-0.3, -0.25) is 4.79 Å². The molecule has 0 saturated carbocycles. The van der Waals surface area contributed by atoms with Gasteiger partial charge in [0.1, 0.15) is 23.1 Å². The van der Waals surface area contributed by atoms with E-state index in [2.05, 4.69) is 20.6 Å². The molecule has 7 heteroatoms. The number of benzene rings is 1. The van der Waals surface area contributed by atoms with E-state index < -0.39 is 17.5 Å². The average molecular weight is 292 g/mol. The first kappa shape index (κ1) is 14.8. The fourth-order valence-corrected chi connectivity index (χ4v) is 1.82. The highest BCUT2D eigenvalue weighted by molar-refractivity contribution is 5.94. The number of carbonyl (C=O) groups excluding carboxylic acids is 1. The lowest BCUT2D eigenvalue weighted by molar-refractivity contribution is 0.0949. The van der Waals surface area contributed by atoms with Crippen LogP contribution >= 0.6 is 0 Å². The van der Waals surface area contributed by atoms with E-state index in [4.69, 9.17) is 0 Å². The third kappa shape index (κ3) is 3.50. The van der Waals surface area contributed by atoms with Gasteiger partial charge in [-0.05, 0) is 25.1 Å². The molecule has 1 amide bonds. The number of aryl methyl sites for hydroxylation is 1. The molecule has 110 valence electrons. The van der Waals surface area contributed by atoms with Crippen LogP contribution in [-0.2, 0) is 6.54 Å². The van der Waals surface area contributed by atoms with Crippen LogP contribution in [0.3, 0.4) is 0 Å². The number of nitrogens with one attached hydrogen (secondary N) is 2. The Hall–Kier alpha value is -2.57. The second-order valence-electron chi connectivity index (χ2n) is 4.34. The summed E-state index contributed by atoms with van der Waals surface area (Å²) in [4.78, 5) is 20.0. The molecular formula is C14H14F2N4O. The van der Waals surface area contributed by atoms with Crippen molar-refractivity contribution in [3.8, 4) is 0 Å². The number of hydrogen-bond acceptors (Lipinski definition) is 4. The normalized spacial score (nSPS) is 10.3. The van der Waals surface area contributed by atoms with Crippen LogP contribution in [0.25, 0.3) is 0 Å². The Labute approximate surface area is 120 Å². The van der Waals surface area contributed by atoms with Crippen molar-refractivity contribution in [1.29, 1.82) is 0 Å². The summed E-state index contributed by atoms with van der Waals surface area (Å²) in [6, 6.07) is 3.61. The molecule has 5 nitrogen and oxygen atoms in total. The molecular weight excluding hydrogens is 278 g/mol. The maximum absolute atomic E-state index is 13.6. The number of hydrogen-bond donors (Lipinski definition) is 2. The molecule has 0 spiro atoms. The maximum atomic E-state index is 13.6. The summed E-state index contributed by atoms with van der Waals surface area (Å²) >= 11 is 0. The zero-order valence-corrected chi connectivity index (χ0v) is 11.6. The minimum Gasteiger partial charge on any atom is -0.383 e. The molecule has 0 aliphatic carbocycles. The predicted molar refractivity (Wildman–Crippen MR) is 73.8 cm³/mol. The molecule has 1 aromatic carbocycles. The lowest BCUT2D eigenvalue weighted by atomic mass is 10.1. The second kappa shape index (κ2) is 6.25. The summed E-state index contributed by atoms with van der Waals surface area (Å²) in [5.41, 5.74) is 0.261. The summed E-state index contributed by atoms with van der Waals surface area (Å²) in [5.74, 6) is -1.63. The van der Waals surface area contributed by atoms with Gasteiger partial charge < -0.3 is 10.6 Å². The summed E-state index contributed by atoms with van der Waals surface area (Å²) in [5, 5.41) is 4.95. The van der Waals surface area contributed by atoms with Gasteiger partial charge in [0.15, 0.2) is 0 Å². The van der Waals surface area contributed by atoms with Gasteiger partial charge in [-0.1, -0.05) is 0 Å². The molecule has 0 fully saturated rings. The number of carbonyl (C=O) groups is 1. The van der Waals surface area contributed by atoms with Crippen LogP contribution < -0.4 is 10.6 Å². The molecule has 1 heterocycles. The van der Waals surface area contributed by atoms with Crippen LogP contribution in [0, 0.1) is 18.6 Å². The number of halogens is 2. The van der Waals surface area contributed by atoms with Crippen molar-refractivity contribution in [3.63, 3.8) is 0 Å². The largest absolute Gasteiger partial charge is 0.383 e. The Kier molecular flexibility index (Phi) is 4.42. The monoisotopic (exact) mass is 292 g/mol. The lowest BCUT2D eigenvalue weighted by Crippen LogP contribution is -2.24. The van der Waals surface area contributed by atoms with Gasteiger partial charge in [-0.15, -0.1) is 0 Å². The molecule has 0 saturated heterocycles. The Bertz CT molecular complexity index is 653. The number of rotatable bonds is 4. The fourth-order valence-electron chi connectivity index (χ4n) is 1.82. The predicted octanol–water partition coefficient (Wildman–Crippen LogP) is 2.03. The van der Waals surface area contributed by atoms with Crippen LogP contribution in [0.1, 0.15) is 21.9 Å². The molecule has 2 rings (SSSR count). The topological polar surface area (TPSA) is 66.9 Å². The van der Waals surface area contributed by atoms with Crippen molar-refractivity contribution in [2.45, 2.75) is 13.5 Å². The van der Waals surface area contributed by atoms with E-state index >= 15 is 0 Å².